The van der Waals surface area contributed by atoms with E-state index in [4.69, 9.17) is 22.7 Å². The second-order valence-electron chi connectivity index (χ2n) is 3.98. The molecule has 110 valence electrons. The Morgan fingerprint density at radius 1 is 0.952 bits per heavy atom. The smallest absolute Gasteiger partial charge is 0.457 e. The molecular formula is C14H10F3NO2S. The highest BCUT2D eigenvalue weighted by Gasteiger charge is 2.30. The van der Waals surface area contributed by atoms with Gasteiger partial charge in [-0.2, -0.15) is 0 Å². The minimum atomic E-state index is -4.72. The van der Waals surface area contributed by atoms with E-state index in [0.717, 1.165) is 12.1 Å². The zero-order valence-electron chi connectivity index (χ0n) is 10.6. The molecule has 0 saturated carbocycles. The average molecular weight is 313 g/mol. The fraction of sp³-hybridized carbons (Fsp3) is 0.0714. The van der Waals surface area contributed by atoms with E-state index in [-0.39, 0.29) is 10.7 Å². The first-order valence-corrected chi connectivity index (χ1v) is 6.18. The lowest BCUT2D eigenvalue weighted by molar-refractivity contribution is -0.274. The van der Waals surface area contributed by atoms with Crippen molar-refractivity contribution in [3.63, 3.8) is 0 Å². The summed E-state index contributed by atoms with van der Waals surface area (Å²) in [5, 5.41) is 0. The maximum Gasteiger partial charge on any atom is 0.573 e. The predicted octanol–water partition coefficient (Wildman–Crippen LogP) is 4.01. The maximum atomic E-state index is 12.0. The van der Waals surface area contributed by atoms with Gasteiger partial charge in [-0.25, -0.2) is 0 Å². The van der Waals surface area contributed by atoms with Crippen molar-refractivity contribution in [3.8, 4) is 17.2 Å². The van der Waals surface area contributed by atoms with Crippen LogP contribution in [-0.4, -0.2) is 11.4 Å². The lowest BCUT2D eigenvalue weighted by Crippen LogP contribution is -2.16. The first kappa shape index (κ1) is 15.1. The topological polar surface area (TPSA) is 44.5 Å². The lowest BCUT2D eigenvalue weighted by atomic mass is 10.2. The van der Waals surface area contributed by atoms with Crippen LogP contribution < -0.4 is 15.2 Å². The molecule has 2 rings (SSSR count). The molecule has 0 spiro atoms. The molecule has 0 heterocycles. The summed E-state index contributed by atoms with van der Waals surface area (Å²) in [5.41, 5.74) is 6.11. The number of hydrogen-bond acceptors (Lipinski definition) is 3. The Balaban J connectivity index is 2.16. The molecule has 3 nitrogen and oxygen atoms in total. The van der Waals surface area contributed by atoms with Gasteiger partial charge in [0, 0.05) is 0 Å². The number of nitrogens with two attached hydrogens (primary N) is 1. The molecule has 2 aromatic rings. The highest BCUT2D eigenvalue weighted by molar-refractivity contribution is 7.80. The van der Waals surface area contributed by atoms with Crippen LogP contribution in [0.15, 0.2) is 48.5 Å². The number of thiocarbonyl (C=S) groups is 1. The third-order valence-electron chi connectivity index (χ3n) is 2.44. The Hall–Kier alpha value is -2.28. The van der Waals surface area contributed by atoms with Crippen LogP contribution in [0.3, 0.4) is 0 Å². The summed E-state index contributed by atoms with van der Waals surface area (Å²) >= 11 is 4.90. The van der Waals surface area contributed by atoms with Crippen molar-refractivity contribution in [3.05, 3.63) is 54.1 Å². The van der Waals surface area contributed by atoms with E-state index >= 15 is 0 Å². The summed E-state index contributed by atoms with van der Waals surface area (Å²) in [7, 11) is 0. The van der Waals surface area contributed by atoms with Crippen molar-refractivity contribution < 1.29 is 22.6 Å². The van der Waals surface area contributed by atoms with E-state index in [1.165, 1.54) is 12.1 Å². The van der Waals surface area contributed by atoms with Crippen molar-refractivity contribution in [2.24, 2.45) is 5.73 Å². The first-order valence-electron chi connectivity index (χ1n) is 5.77. The number of ether oxygens (including phenoxy) is 2. The number of rotatable bonds is 4. The number of hydrogen-bond donors (Lipinski definition) is 1. The Morgan fingerprint density at radius 2 is 1.52 bits per heavy atom. The molecule has 0 fully saturated rings. The van der Waals surface area contributed by atoms with E-state index in [0.29, 0.717) is 17.1 Å². The molecule has 0 amide bonds. The van der Waals surface area contributed by atoms with Gasteiger partial charge < -0.3 is 15.2 Å². The fourth-order valence-corrected chi connectivity index (χ4v) is 1.76. The zero-order valence-corrected chi connectivity index (χ0v) is 11.4. The van der Waals surface area contributed by atoms with Crippen molar-refractivity contribution in [2.45, 2.75) is 6.36 Å². The van der Waals surface area contributed by atoms with Crippen LogP contribution in [0.4, 0.5) is 13.2 Å². The van der Waals surface area contributed by atoms with Crippen molar-refractivity contribution in [2.75, 3.05) is 0 Å². The van der Waals surface area contributed by atoms with Crippen molar-refractivity contribution in [1.29, 1.82) is 0 Å². The van der Waals surface area contributed by atoms with Crippen molar-refractivity contribution in [1.82, 2.24) is 0 Å². The Kier molecular flexibility index (Phi) is 4.32. The molecule has 0 atom stereocenters. The van der Waals surface area contributed by atoms with Crippen LogP contribution in [-0.2, 0) is 0 Å². The maximum absolute atomic E-state index is 12.0. The molecule has 0 radical (unpaired) electrons. The van der Waals surface area contributed by atoms with E-state index in [9.17, 15) is 13.2 Å². The van der Waals surface area contributed by atoms with E-state index in [1.807, 2.05) is 0 Å². The van der Waals surface area contributed by atoms with Gasteiger partial charge in [-0.05, 0) is 36.4 Å². The monoisotopic (exact) mass is 313 g/mol. The number of halogens is 3. The molecule has 0 bridgehead atoms. The minimum Gasteiger partial charge on any atom is -0.457 e. The lowest BCUT2D eigenvalue weighted by Gasteiger charge is -2.11. The molecule has 0 aliphatic carbocycles. The third kappa shape index (κ3) is 4.35. The summed E-state index contributed by atoms with van der Waals surface area (Å²) in [4.78, 5) is 0.169. The number of benzene rings is 2. The van der Waals surface area contributed by atoms with Gasteiger partial charge in [0.25, 0.3) is 0 Å². The largest absolute Gasteiger partial charge is 0.573 e. The van der Waals surface area contributed by atoms with Gasteiger partial charge in [0.15, 0.2) is 0 Å². The third-order valence-corrected chi connectivity index (χ3v) is 2.66. The standard InChI is InChI=1S/C14H10F3NO2S/c15-14(16,17)20-10-7-5-9(6-8-10)19-12-4-2-1-3-11(12)13(18)21/h1-8H,(H2,18,21). The molecular weight excluding hydrogens is 303 g/mol. The Bertz CT molecular complexity index is 641. The van der Waals surface area contributed by atoms with Gasteiger partial charge in [0.05, 0.1) is 5.56 Å². The van der Waals surface area contributed by atoms with Crippen LogP contribution in [0.1, 0.15) is 5.56 Å². The first-order chi connectivity index (χ1) is 9.85. The van der Waals surface area contributed by atoms with Crippen LogP contribution in [0, 0.1) is 0 Å². The highest BCUT2D eigenvalue weighted by Crippen LogP contribution is 2.28. The molecule has 0 aliphatic heterocycles. The molecule has 0 unspecified atom stereocenters. The molecule has 0 aromatic heterocycles. The minimum absolute atomic E-state index is 0.169. The molecule has 2 N–H and O–H groups in total. The van der Waals surface area contributed by atoms with E-state index in [2.05, 4.69) is 4.74 Å². The highest BCUT2D eigenvalue weighted by atomic mass is 32.1. The van der Waals surface area contributed by atoms with Gasteiger partial charge in [-0.1, -0.05) is 24.4 Å². The van der Waals surface area contributed by atoms with Crippen LogP contribution in [0.25, 0.3) is 0 Å². The molecule has 21 heavy (non-hydrogen) atoms. The van der Waals surface area contributed by atoms with Gasteiger partial charge in [0.2, 0.25) is 0 Å². The SMILES string of the molecule is NC(=S)c1ccccc1Oc1ccc(OC(F)(F)F)cc1. The fourth-order valence-electron chi connectivity index (χ4n) is 1.60. The normalized spacial score (nSPS) is 11.0. The summed E-state index contributed by atoms with van der Waals surface area (Å²) in [5.74, 6) is 0.445. The van der Waals surface area contributed by atoms with Gasteiger partial charge in [-0.15, -0.1) is 13.2 Å². The van der Waals surface area contributed by atoms with Gasteiger partial charge in [-0.3, -0.25) is 0 Å². The number of alkyl halides is 3. The summed E-state index contributed by atoms with van der Waals surface area (Å²) in [6.07, 6.45) is -4.72. The quantitative estimate of drug-likeness (QED) is 0.866. The summed E-state index contributed by atoms with van der Waals surface area (Å²) in [6, 6.07) is 11.9. The van der Waals surface area contributed by atoms with Crippen LogP contribution >= 0.6 is 12.2 Å². The second kappa shape index (κ2) is 6.01. The van der Waals surface area contributed by atoms with Crippen molar-refractivity contribution >= 4 is 17.2 Å². The summed E-state index contributed by atoms with van der Waals surface area (Å²) in [6.45, 7) is 0. The van der Waals surface area contributed by atoms with E-state index in [1.54, 1.807) is 24.3 Å². The van der Waals surface area contributed by atoms with Crippen LogP contribution in [0.5, 0.6) is 17.2 Å². The molecule has 0 saturated heterocycles. The summed E-state index contributed by atoms with van der Waals surface area (Å²) < 4.78 is 45.5. The van der Waals surface area contributed by atoms with Gasteiger partial charge in [0.1, 0.15) is 22.2 Å². The Labute approximate surface area is 124 Å². The molecule has 0 aliphatic rings. The predicted molar refractivity (Wildman–Crippen MR) is 75.5 cm³/mol. The average Bonchev–Trinajstić information content (AvgIpc) is 2.40. The van der Waals surface area contributed by atoms with Gasteiger partial charge >= 0.3 is 6.36 Å². The zero-order chi connectivity index (χ0) is 15.5. The second-order valence-corrected chi connectivity index (χ2v) is 4.42. The Morgan fingerprint density at radius 3 is 2.10 bits per heavy atom. The van der Waals surface area contributed by atoms with E-state index < -0.39 is 6.36 Å². The molecule has 2 aromatic carbocycles. The molecule has 7 heteroatoms. The van der Waals surface area contributed by atoms with Crippen LogP contribution in [0.2, 0.25) is 0 Å². The number of para-hydroxylation sites is 1.